The van der Waals surface area contributed by atoms with Gasteiger partial charge in [0.2, 0.25) is 0 Å². The van der Waals surface area contributed by atoms with Crippen LogP contribution in [-0.2, 0) is 9.47 Å². The number of halogens is 2. The van der Waals surface area contributed by atoms with Crippen molar-refractivity contribution in [3.8, 4) is 0 Å². The van der Waals surface area contributed by atoms with Gasteiger partial charge < -0.3 is 25.6 Å². The Morgan fingerprint density at radius 1 is 0.582 bits per heavy atom. The summed E-state index contributed by atoms with van der Waals surface area (Å²) in [6.07, 6.45) is 3.27. The molecule has 0 atom stereocenters. The summed E-state index contributed by atoms with van der Waals surface area (Å²) < 4.78 is 12.6. The lowest BCUT2D eigenvalue weighted by molar-refractivity contribution is 0.00592. The maximum absolute atomic E-state index is 12.7. The Labute approximate surface area is 335 Å². The number of anilines is 2. The number of carboxylic acids is 1. The van der Waals surface area contributed by atoms with Crippen molar-refractivity contribution in [1.82, 2.24) is 9.97 Å². The van der Waals surface area contributed by atoms with Gasteiger partial charge in [-0.05, 0) is 143 Å². The highest BCUT2D eigenvalue weighted by Crippen LogP contribution is 2.27. The third kappa shape index (κ3) is 12.2. The molecule has 6 aromatic rings. The van der Waals surface area contributed by atoms with E-state index < -0.39 is 29.1 Å². The van der Waals surface area contributed by atoms with E-state index in [9.17, 15) is 24.3 Å². The fourth-order valence-electron chi connectivity index (χ4n) is 5.05. The van der Waals surface area contributed by atoms with Crippen molar-refractivity contribution >= 4 is 88.9 Å². The number of nitrogens with zero attached hydrogens (tertiary/aromatic N) is 2. The molecule has 0 spiro atoms. The summed E-state index contributed by atoms with van der Waals surface area (Å²) in [5, 5.41) is 14.4. The molecule has 284 valence electrons. The van der Waals surface area contributed by atoms with Crippen LogP contribution in [0.4, 0.5) is 11.6 Å². The molecule has 0 saturated carbocycles. The van der Waals surface area contributed by atoms with Crippen LogP contribution >= 0.6 is 31.9 Å². The van der Waals surface area contributed by atoms with Crippen LogP contribution in [0.25, 0.3) is 21.5 Å². The molecule has 0 saturated heterocycles. The lowest BCUT2D eigenvalue weighted by Crippen LogP contribution is -2.24. The number of rotatable bonds is 5. The van der Waals surface area contributed by atoms with E-state index in [2.05, 4.69) is 47.1 Å². The van der Waals surface area contributed by atoms with Gasteiger partial charge in [-0.15, -0.1) is 0 Å². The van der Waals surface area contributed by atoms with Gasteiger partial charge in [0.15, 0.2) is 0 Å². The first-order chi connectivity index (χ1) is 25.8. The molecule has 11 nitrogen and oxygen atoms in total. The molecule has 0 aliphatic rings. The highest BCUT2D eigenvalue weighted by atomic mass is 79.9. The number of hydrogen-bond acceptors (Lipinski definition) is 9. The van der Waals surface area contributed by atoms with Crippen molar-refractivity contribution in [2.24, 2.45) is 0 Å². The summed E-state index contributed by atoms with van der Waals surface area (Å²) in [4.78, 5) is 56.6. The zero-order valence-corrected chi connectivity index (χ0v) is 34.2. The Morgan fingerprint density at radius 3 is 1.36 bits per heavy atom. The molecule has 6 rings (SSSR count). The first-order valence-corrected chi connectivity index (χ1v) is 18.4. The van der Waals surface area contributed by atoms with E-state index >= 15 is 0 Å². The first kappa shape index (κ1) is 42.1. The number of aromatic carboxylic acids is 1. The number of pyridine rings is 2. The standard InChI is InChI=1S/C21H19BrN2O3.C16H16O4.C5H5BrN2/c1-21(2,3)27-20(26)17-9-5-6-14-15(17)7-4-8-16(14)19(25)24-18-11-10-13(22)12-23-18;1-16(2,3)20-15(19)13-9-5-6-10-11(13)7-4-8-12(10)14(17)18;6-4-1-2-5(7)8-3-4/h4-12H,1-3H3,(H,23,24,25);4-9H,1-3H3,(H,17,18);1-3H,(H2,7,8). The fourth-order valence-corrected chi connectivity index (χ4v) is 5.52. The SMILES string of the molecule is CC(C)(C)OC(=O)c1cccc2c(C(=O)Nc3ccc(Br)cn3)cccc12.CC(C)(C)OC(=O)c1cccc2c(C(=O)O)cccc12.Nc1ccc(Br)cn1. The molecule has 55 heavy (non-hydrogen) atoms. The molecule has 4 N–H and O–H groups in total. The van der Waals surface area contributed by atoms with E-state index in [0.717, 1.165) is 8.95 Å². The van der Waals surface area contributed by atoms with Crippen LogP contribution in [0.5, 0.6) is 0 Å². The number of carbonyl (C=O) groups is 4. The normalized spacial score (nSPS) is 11.0. The Morgan fingerprint density at radius 2 is 0.982 bits per heavy atom. The molecule has 4 aromatic carbocycles. The van der Waals surface area contributed by atoms with E-state index in [1.165, 1.54) is 6.07 Å². The minimum atomic E-state index is -1.02. The highest BCUT2D eigenvalue weighted by Gasteiger charge is 2.22. The van der Waals surface area contributed by atoms with Crippen molar-refractivity contribution in [3.05, 3.63) is 141 Å². The number of carboxylic acid groups (broad SMARTS) is 1. The molecular weight excluding hydrogens is 832 g/mol. The number of benzene rings is 4. The topological polar surface area (TPSA) is 171 Å². The number of aromatic nitrogens is 2. The van der Waals surface area contributed by atoms with E-state index in [1.54, 1.807) is 106 Å². The van der Waals surface area contributed by atoms with Gasteiger partial charge >= 0.3 is 17.9 Å². The molecule has 2 aromatic heterocycles. The number of ether oxygens (including phenoxy) is 2. The van der Waals surface area contributed by atoms with Gasteiger partial charge in [0.05, 0.1) is 16.7 Å². The van der Waals surface area contributed by atoms with Crippen LogP contribution in [-0.4, -0.2) is 50.1 Å². The Balaban J connectivity index is 0.000000209. The summed E-state index contributed by atoms with van der Waals surface area (Å²) in [5.74, 6) is -1.18. The lowest BCUT2D eigenvalue weighted by atomic mass is 9.99. The summed E-state index contributed by atoms with van der Waals surface area (Å²) in [6.45, 7) is 10.8. The van der Waals surface area contributed by atoms with Crippen LogP contribution in [0.1, 0.15) is 83.0 Å². The largest absolute Gasteiger partial charge is 0.478 e. The van der Waals surface area contributed by atoms with Crippen molar-refractivity contribution in [1.29, 1.82) is 0 Å². The quantitative estimate of drug-likeness (QED) is 0.142. The van der Waals surface area contributed by atoms with Crippen LogP contribution < -0.4 is 11.1 Å². The predicted molar refractivity (Wildman–Crippen MR) is 221 cm³/mol. The van der Waals surface area contributed by atoms with Gasteiger partial charge in [-0.25, -0.2) is 24.4 Å². The van der Waals surface area contributed by atoms with E-state index in [-0.39, 0.29) is 11.5 Å². The number of esters is 2. The molecule has 0 bridgehead atoms. The summed E-state index contributed by atoms with van der Waals surface area (Å²) >= 11 is 6.54. The number of carbonyl (C=O) groups excluding carboxylic acids is 3. The van der Waals surface area contributed by atoms with Gasteiger partial charge in [0.1, 0.15) is 22.8 Å². The second-order valence-corrected chi connectivity index (χ2v) is 15.8. The second-order valence-electron chi connectivity index (χ2n) is 13.9. The zero-order valence-electron chi connectivity index (χ0n) is 31.0. The zero-order chi connectivity index (χ0) is 40.5. The number of fused-ring (bicyclic) bond motifs is 2. The monoisotopic (exact) mass is 870 g/mol. The fraction of sp³-hybridized carbons (Fsp3) is 0.190. The van der Waals surface area contributed by atoms with Crippen LogP contribution in [0.2, 0.25) is 0 Å². The minimum absolute atomic E-state index is 0.174. The molecule has 0 radical (unpaired) electrons. The van der Waals surface area contributed by atoms with Crippen molar-refractivity contribution < 1.29 is 33.8 Å². The highest BCUT2D eigenvalue weighted by molar-refractivity contribution is 9.10. The van der Waals surface area contributed by atoms with Gasteiger partial charge in [0.25, 0.3) is 5.91 Å². The number of hydrogen-bond donors (Lipinski definition) is 3. The smallest absolute Gasteiger partial charge is 0.339 e. The van der Waals surface area contributed by atoms with Gasteiger partial charge in [-0.3, -0.25) is 4.79 Å². The predicted octanol–water partition coefficient (Wildman–Crippen LogP) is 10.1. The minimum Gasteiger partial charge on any atom is -0.478 e. The molecule has 2 heterocycles. The molecule has 0 aliphatic heterocycles. The van der Waals surface area contributed by atoms with Gasteiger partial charge in [-0.2, -0.15) is 0 Å². The average molecular weight is 873 g/mol. The molecule has 0 unspecified atom stereocenters. The van der Waals surface area contributed by atoms with E-state index in [4.69, 9.17) is 15.2 Å². The molecule has 0 fully saturated rings. The Bertz CT molecular complexity index is 2310. The number of nitrogen functional groups attached to an aromatic ring is 1. The van der Waals surface area contributed by atoms with E-state index in [0.29, 0.717) is 49.9 Å². The molecular formula is C42H40Br2N4O7. The maximum Gasteiger partial charge on any atom is 0.339 e. The summed E-state index contributed by atoms with van der Waals surface area (Å²) in [5.41, 5.74) is 5.55. The maximum atomic E-state index is 12.7. The van der Waals surface area contributed by atoms with Crippen molar-refractivity contribution in [2.75, 3.05) is 11.1 Å². The summed E-state index contributed by atoms with van der Waals surface area (Å²) in [6, 6.07) is 27.5. The number of amides is 1. The van der Waals surface area contributed by atoms with Crippen LogP contribution in [0.3, 0.4) is 0 Å². The third-order valence-electron chi connectivity index (χ3n) is 7.28. The lowest BCUT2D eigenvalue weighted by Gasteiger charge is -2.20. The Kier molecular flexibility index (Phi) is 13.9. The van der Waals surface area contributed by atoms with Crippen molar-refractivity contribution in [3.63, 3.8) is 0 Å². The van der Waals surface area contributed by atoms with Crippen LogP contribution in [0, 0.1) is 0 Å². The molecule has 13 heteroatoms. The molecule has 0 aliphatic carbocycles. The second kappa shape index (κ2) is 18.1. The summed E-state index contributed by atoms with van der Waals surface area (Å²) in [7, 11) is 0. The number of nitrogens with two attached hydrogens (primary N) is 1. The average Bonchev–Trinajstić information content (AvgIpc) is 3.11. The van der Waals surface area contributed by atoms with Crippen molar-refractivity contribution in [2.45, 2.75) is 52.7 Å². The first-order valence-electron chi connectivity index (χ1n) is 16.9. The number of nitrogens with one attached hydrogen (secondary N) is 1. The van der Waals surface area contributed by atoms with E-state index in [1.807, 2.05) is 39.0 Å². The van der Waals surface area contributed by atoms with Crippen LogP contribution in [0.15, 0.2) is 118 Å². The third-order valence-corrected chi connectivity index (χ3v) is 8.21. The van der Waals surface area contributed by atoms with Gasteiger partial charge in [-0.1, -0.05) is 48.5 Å². The Hall–Kier alpha value is -5.66. The molecule has 1 amide bonds. The van der Waals surface area contributed by atoms with Gasteiger partial charge in [0, 0.05) is 26.9 Å².